The molecule has 1 atom stereocenters. The largest absolute Gasteiger partial charge is 0.120 e. The van der Waals surface area contributed by atoms with Crippen LogP contribution in [0.1, 0.15) is 26.7 Å². The maximum Gasteiger partial charge on any atom is 0.0123 e. The summed E-state index contributed by atoms with van der Waals surface area (Å²) in [6.07, 6.45) is 6.88. The standard InChI is InChI=1S/C9H12/c1-4-6-8-9(3)7-5-2/h2,9H,7-8H2,1,3H3. The molecule has 0 aliphatic heterocycles. The average Bonchev–Trinajstić information content (AvgIpc) is 1.85. The maximum absolute atomic E-state index is 5.10. The zero-order valence-electron chi connectivity index (χ0n) is 6.07. The summed E-state index contributed by atoms with van der Waals surface area (Å²) in [4.78, 5) is 0. The molecule has 0 nitrogen and oxygen atoms in total. The van der Waals surface area contributed by atoms with Crippen molar-refractivity contribution >= 4 is 0 Å². The van der Waals surface area contributed by atoms with Crippen molar-refractivity contribution in [2.75, 3.05) is 0 Å². The predicted octanol–water partition coefficient (Wildman–Crippen LogP) is 2.06. The number of hydrogen-bond acceptors (Lipinski definition) is 0. The SMILES string of the molecule is C#CCC(C)CC#CC. The van der Waals surface area contributed by atoms with E-state index in [9.17, 15) is 0 Å². The van der Waals surface area contributed by atoms with Gasteiger partial charge in [0.15, 0.2) is 0 Å². The molecule has 0 aromatic rings. The van der Waals surface area contributed by atoms with Gasteiger partial charge in [-0.15, -0.1) is 24.2 Å². The van der Waals surface area contributed by atoms with Gasteiger partial charge in [0.25, 0.3) is 0 Å². The normalized spacial score (nSPS) is 10.8. The van der Waals surface area contributed by atoms with Crippen molar-refractivity contribution < 1.29 is 0 Å². The molecule has 0 heteroatoms. The highest BCUT2D eigenvalue weighted by Crippen LogP contribution is 2.03. The first-order valence-corrected chi connectivity index (χ1v) is 3.14. The van der Waals surface area contributed by atoms with Crippen LogP contribution in [0.15, 0.2) is 0 Å². The molecule has 0 aliphatic carbocycles. The molecule has 9 heavy (non-hydrogen) atoms. The lowest BCUT2D eigenvalue weighted by atomic mass is 10.1. The van der Waals surface area contributed by atoms with E-state index >= 15 is 0 Å². The summed E-state index contributed by atoms with van der Waals surface area (Å²) in [6.45, 7) is 3.97. The summed E-state index contributed by atoms with van der Waals surface area (Å²) < 4.78 is 0. The Morgan fingerprint density at radius 2 is 2.11 bits per heavy atom. The van der Waals surface area contributed by atoms with Crippen LogP contribution >= 0.6 is 0 Å². The third-order valence-electron chi connectivity index (χ3n) is 1.09. The number of terminal acetylenes is 1. The molecule has 0 aromatic heterocycles. The van der Waals surface area contributed by atoms with Crippen LogP contribution in [0.2, 0.25) is 0 Å². The Morgan fingerprint density at radius 3 is 2.56 bits per heavy atom. The molecule has 0 radical (unpaired) electrons. The van der Waals surface area contributed by atoms with Gasteiger partial charge in [-0.05, 0) is 12.8 Å². The van der Waals surface area contributed by atoms with E-state index in [0.717, 1.165) is 12.8 Å². The predicted molar refractivity (Wildman–Crippen MR) is 40.7 cm³/mol. The highest BCUT2D eigenvalue weighted by Gasteiger charge is 1.93. The molecule has 1 unspecified atom stereocenters. The first-order chi connectivity index (χ1) is 4.31. The fourth-order valence-corrected chi connectivity index (χ4v) is 0.550. The van der Waals surface area contributed by atoms with E-state index in [1.165, 1.54) is 0 Å². The third-order valence-corrected chi connectivity index (χ3v) is 1.09. The lowest BCUT2D eigenvalue weighted by Gasteiger charge is -1.98. The van der Waals surface area contributed by atoms with Crippen LogP contribution in [0.4, 0.5) is 0 Å². The Kier molecular flexibility index (Phi) is 4.75. The molecule has 48 valence electrons. The van der Waals surface area contributed by atoms with Crippen LogP contribution in [-0.2, 0) is 0 Å². The monoisotopic (exact) mass is 120 g/mol. The quantitative estimate of drug-likeness (QED) is 0.489. The highest BCUT2D eigenvalue weighted by atomic mass is 14.0. The molecule has 0 aromatic carbocycles. The van der Waals surface area contributed by atoms with Gasteiger partial charge >= 0.3 is 0 Å². The minimum absolute atomic E-state index is 0.558. The molecule has 0 N–H and O–H groups in total. The second-order valence-electron chi connectivity index (χ2n) is 2.14. The van der Waals surface area contributed by atoms with Gasteiger partial charge in [-0.1, -0.05) is 6.92 Å². The third kappa shape index (κ3) is 4.98. The van der Waals surface area contributed by atoms with E-state index in [-0.39, 0.29) is 0 Å². The van der Waals surface area contributed by atoms with Crippen molar-refractivity contribution in [3.63, 3.8) is 0 Å². The Balaban J connectivity index is 3.37. The molecular weight excluding hydrogens is 108 g/mol. The number of hydrogen-bond donors (Lipinski definition) is 0. The summed E-state index contributed by atoms with van der Waals surface area (Å²) in [5, 5.41) is 0. The number of rotatable bonds is 2. The Bertz CT molecular complexity index is 149. The van der Waals surface area contributed by atoms with Gasteiger partial charge < -0.3 is 0 Å². The maximum atomic E-state index is 5.10. The summed E-state index contributed by atoms with van der Waals surface area (Å²) in [7, 11) is 0. The Morgan fingerprint density at radius 1 is 1.44 bits per heavy atom. The molecule has 0 bridgehead atoms. The molecule has 0 fully saturated rings. The van der Waals surface area contributed by atoms with E-state index in [0.29, 0.717) is 5.92 Å². The molecule has 0 rings (SSSR count). The van der Waals surface area contributed by atoms with Gasteiger partial charge in [0.1, 0.15) is 0 Å². The zero-order valence-corrected chi connectivity index (χ0v) is 6.07. The first-order valence-electron chi connectivity index (χ1n) is 3.14. The van der Waals surface area contributed by atoms with E-state index in [2.05, 4.69) is 24.7 Å². The van der Waals surface area contributed by atoms with Crippen LogP contribution in [0.25, 0.3) is 0 Å². The Labute approximate surface area is 57.7 Å². The van der Waals surface area contributed by atoms with Crippen LogP contribution in [0, 0.1) is 30.1 Å². The topological polar surface area (TPSA) is 0 Å². The second-order valence-corrected chi connectivity index (χ2v) is 2.14. The fourth-order valence-electron chi connectivity index (χ4n) is 0.550. The van der Waals surface area contributed by atoms with E-state index in [1.807, 2.05) is 6.92 Å². The van der Waals surface area contributed by atoms with Gasteiger partial charge in [-0.3, -0.25) is 0 Å². The molecule has 0 aliphatic rings. The fraction of sp³-hybridized carbons (Fsp3) is 0.556. The lowest BCUT2D eigenvalue weighted by molar-refractivity contribution is 0.623. The minimum Gasteiger partial charge on any atom is -0.120 e. The van der Waals surface area contributed by atoms with Crippen molar-refractivity contribution in [1.82, 2.24) is 0 Å². The van der Waals surface area contributed by atoms with Crippen molar-refractivity contribution in [1.29, 1.82) is 0 Å². The van der Waals surface area contributed by atoms with Crippen LogP contribution in [-0.4, -0.2) is 0 Å². The van der Waals surface area contributed by atoms with Gasteiger partial charge in [-0.25, -0.2) is 0 Å². The molecular formula is C9H12. The van der Waals surface area contributed by atoms with Crippen molar-refractivity contribution in [3.05, 3.63) is 0 Å². The highest BCUT2D eigenvalue weighted by molar-refractivity contribution is 4.98. The Hall–Kier alpha value is -0.880. The van der Waals surface area contributed by atoms with Gasteiger partial charge in [0, 0.05) is 12.8 Å². The first kappa shape index (κ1) is 8.12. The average molecular weight is 120 g/mol. The smallest absolute Gasteiger partial charge is 0.0123 e. The van der Waals surface area contributed by atoms with E-state index in [4.69, 9.17) is 6.42 Å². The van der Waals surface area contributed by atoms with Gasteiger partial charge in [-0.2, -0.15) is 0 Å². The molecule has 0 spiro atoms. The summed E-state index contributed by atoms with van der Waals surface area (Å²) in [5.74, 6) is 8.99. The zero-order chi connectivity index (χ0) is 7.11. The second kappa shape index (κ2) is 5.26. The molecule has 0 saturated heterocycles. The van der Waals surface area contributed by atoms with Gasteiger partial charge in [0.05, 0.1) is 0 Å². The molecule has 0 amide bonds. The van der Waals surface area contributed by atoms with E-state index < -0.39 is 0 Å². The van der Waals surface area contributed by atoms with Crippen molar-refractivity contribution in [2.24, 2.45) is 5.92 Å². The molecule has 0 saturated carbocycles. The van der Waals surface area contributed by atoms with Crippen LogP contribution in [0.5, 0.6) is 0 Å². The van der Waals surface area contributed by atoms with E-state index in [1.54, 1.807) is 0 Å². The van der Waals surface area contributed by atoms with Crippen molar-refractivity contribution in [2.45, 2.75) is 26.7 Å². The molecule has 0 heterocycles. The summed E-state index contributed by atoms with van der Waals surface area (Å²) in [6, 6.07) is 0. The lowest BCUT2D eigenvalue weighted by Crippen LogP contribution is -1.89. The minimum atomic E-state index is 0.558. The summed E-state index contributed by atoms with van der Waals surface area (Å²) in [5.41, 5.74) is 0. The van der Waals surface area contributed by atoms with Crippen LogP contribution in [0.3, 0.4) is 0 Å². The van der Waals surface area contributed by atoms with Gasteiger partial charge in [0.2, 0.25) is 0 Å². The van der Waals surface area contributed by atoms with Crippen LogP contribution < -0.4 is 0 Å². The summed E-state index contributed by atoms with van der Waals surface area (Å²) >= 11 is 0. The van der Waals surface area contributed by atoms with Crippen molar-refractivity contribution in [3.8, 4) is 24.2 Å².